The summed E-state index contributed by atoms with van der Waals surface area (Å²) in [6.45, 7) is 5.64. The molecular formula is C15H19N5O3. The van der Waals surface area contributed by atoms with Crippen LogP contribution in [0.25, 0.3) is 0 Å². The number of hydrogen-bond donors (Lipinski definition) is 1. The van der Waals surface area contributed by atoms with Gasteiger partial charge in [0.1, 0.15) is 11.3 Å². The molecule has 3 rings (SSSR count). The van der Waals surface area contributed by atoms with E-state index in [4.69, 9.17) is 4.52 Å². The lowest BCUT2D eigenvalue weighted by molar-refractivity contribution is -0.131. The van der Waals surface area contributed by atoms with Gasteiger partial charge in [-0.3, -0.25) is 14.4 Å². The number of carbonyl (C=O) groups excluding carboxylic acids is 2. The molecule has 0 spiro atoms. The van der Waals surface area contributed by atoms with Crippen molar-refractivity contribution in [3.05, 3.63) is 35.0 Å². The standard InChI is InChI=1S/C15H19N5O3/c1-9-12(10(2)23-18-9)5-6-20-13(21)15(3,17-14(20)22)11-7-16-19(4)8-11/h7-8H,5-6H2,1-4H3,(H,17,22). The van der Waals surface area contributed by atoms with Gasteiger partial charge >= 0.3 is 6.03 Å². The van der Waals surface area contributed by atoms with E-state index in [1.807, 2.05) is 13.8 Å². The van der Waals surface area contributed by atoms with E-state index in [0.29, 0.717) is 17.7 Å². The summed E-state index contributed by atoms with van der Waals surface area (Å²) >= 11 is 0. The smallest absolute Gasteiger partial charge is 0.325 e. The van der Waals surface area contributed by atoms with Gasteiger partial charge in [0.05, 0.1) is 11.9 Å². The zero-order valence-corrected chi connectivity index (χ0v) is 13.6. The Kier molecular flexibility index (Phi) is 3.46. The average molecular weight is 317 g/mol. The molecule has 0 bridgehead atoms. The molecule has 1 atom stereocenters. The van der Waals surface area contributed by atoms with Crippen molar-refractivity contribution in [1.29, 1.82) is 0 Å². The molecule has 0 radical (unpaired) electrons. The van der Waals surface area contributed by atoms with Crippen molar-refractivity contribution in [3.63, 3.8) is 0 Å². The van der Waals surface area contributed by atoms with Gasteiger partial charge in [0.25, 0.3) is 5.91 Å². The van der Waals surface area contributed by atoms with Crippen molar-refractivity contribution in [3.8, 4) is 0 Å². The lowest BCUT2D eigenvalue weighted by atomic mass is 9.95. The number of hydrogen-bond acceptors (Lipinski definition) is 5. The third-order valence-electron chi connectivity index (χ3n) is 4.32. The highest BCUT2D eigenvalue weighted by atomic mass is 16.5. The van der Waals surface area contributed by atoms with Crippen LogP contribution >= 0.6 is 0 Å². The highest BCUT2D eigenvalue weighted by Gasteiger charge is 2.49. The third kappa shape index (κ3) is 2.39. The molecule has 2 aromatic rings. The third-order valence-corrected chi connectivity index (χ3v) is 4.32. The molecule has 3 amide bonds. The lowest BCUT2D eigenvalue weighted by Crippen LogP contribution is -2.40. The summed E-state index contributed by atoms with van der Waals surface area (Å²) in [5.41, 5.74) is 1.30. The monoisotopic (exact) mass is 317 g/mol. The fourth-order valence-electron chi connectivity index (χ4n) is 2.86. The first-order chi connectivity index (χ1) is 10.8. The van der Waals surface area contributed by atoms with E-state index in [1.54, 1.807) is 31.0 Å². The predicted octanol–water partition coefficient (Wildman–Crippen LogP) is 1.03. The Morgan fingerprint density at radius 2 is 2.09 bits per heavy atom. The molecule has 8 heteroatoms. The number of nitrogens with zero attached hydrogens (tertiary/aromatic N) is 4. The Bertz CT molecular complexity index is 758. The number of aromatic nitrogens is 3. The number of carbonyl (C=O) groups is 2. The van der Waals surface area contributed by atoms with Gasteiger partial charge in [-0.05, 0) is 27.2 Å². The van der Waals surface area contributed by atoms with Crippen LogP contribution in [-0.2, 0) is 23.8 Å². The molecule has 1 N–H and O–H groups in total. The normalized spacial score (nSPS) is 21.1. The van der Waals surface area contributed by atoms with E-state index in [2.05, 4.69) is 15.6 Å². The van der Waals surface area contributed by atoms with Gasteiger partial charge in [-0.15, -0.1) is 0 Å². The van der Waals surface area contributed by atoms with E-state index in [9.17, 15) is 9.59 Å². The maximum Gasteiger partial charge on any atom is 0.325 e. The second kappa shape index (κ2) is 5.22. The summed E-state index contributed by atoms with van der Waals surface area (Å²) < 4.78 is 6.72. The first-order valence-electron chi connectivity index (χ1n) is 7.38. The van der Waals surface area contributed by atoms with Gasteiger partial charge in [0.15, 0.2) is 0 Å². The van der Waals surface area contributed by atoms with Crippen LogP contribution in [0.4, 0.5) is 4.79 Å². The van der Waals surface area contributed by atoms with Crippen molar-refractivity contribution < 1.29 is 14.1 Å². The van der Waals surface area contributed by atoms with Gasteiger partial charge < -0.3 is 9.84 Å². The molecule has 0 aliphatic carbocycles. The summed E-state index contributed by atoms with van der Waals surface area (Å²) in [4.78, 5) is 26.2. The van der Waals surface area contributed by atoms with E-state index < -0.39 is 11.6 Å². The molecule has 2 aromatic heterocycles. The minimum Gasteiger partial charge on any atom is -0.361 e. The van der Waals surface area contributed by atoms with Crippen LogP contribution in [0.5, 0.6) is 0 Å². The summed E-state index contributed by atoms with van der Waals surface area (Å²) in [5.74, 6) is 0.437. The molecule has 1 aliphatic heterocycles. The Hall–Kier alpha value is -2.64. The SMILES string of the molecule is Cc1noc(C)c1CCN1C(=O)NC(C)(c2cnn(C)c2)C1=O. The Labute approximate surface area is 133 Å². The highest BCUT2D eigenvalue weighted by molar-refractivity contribution is 6.07. The topological polar surface area (TPSA) is 93.3 Å². The molecule has 1 fully saturated rings. The summed E-state index contributed by atoms with van der Waals surface area (Å²) in [6.07, 6.45) is 3.84. The molecule has 0 aromatic carbocycles. The largest absolute Gasteiger partial charge is 0.361 e. The van der Waals surface area contributed by atoms with Crippen LogP contribution in [0.15, 0.2) is 16.9 Å². The number of nitrogens with one attached hydrogen (secondary N) is 1. The van der Waals surface area contributed by atoms with E-state index in [1.165, 1.54) is 4.90 Å². The van der Waals surface area contributed by atoms with Crippen molar-refractivity contribution in [2.45, 2.75) is 32.7 Å². The fourth-order valence-corrected chi connectivity index (χ4v) is 2.86. The van der Waals surface area contributed by atoms with E-state index >= 15 is 0 Å². The van der Waals surface area contributed by atoms with Crippen LogP contribution in [0.1, 0.15) is 29.5 Å². The molecule has 1 saturated heterocycles. The van der Waals surface area contributed by atoms with Crippen LogP contribution < -0.4 is 5.32 Å². The number of aryl methyl sites for hydroxylation is 3. The molecule has 1 unspecified atom stereocenters. The zero-order chi connectivity index (χ0) is 16.8. The average Bonchev–Trinajstić information content (AvgIpc) is 3.12. The minimum absolute atomic E-state index is 0.276. The molecule has 23 heavy (non-hydrogen) atoms. The molecule has 8 nitrogen and oxygen atoms in total. The molecule has 3 heterocycles. The first-order valence-corrected chi connectivity index (χ1v) is 7.38. The van der Waals surface area contributed by atoms with Crippen LogP contribution in [0.2, 0.25) is 0 Å². The van der Waals surface area contributed by atoms with Crippen molar-refractivity contribution in [2.75, 3.05) is 6.54 Å². The van der Waals surface area contributed by atoms with Crippen molar-refractivity contribution in [2.24, 2.45) is 7.05 Å². The second-order valence-electron chi connectivity index (χ2n) is 5.97. The van der Waals surface area contributed by atoms with Crippen molar-refractivity contribution >= 4 is 11.9 Å². The molecule has 0 saturated carbocycles. The number of rotatable bonds is 4. The van der Waals surface area contributed by atoms with Gasteiger partial charge in [-0.25, -0.2) is 4.79 Å². The van der Waals surface area contributed by atoms with Gasteiger partial charge in [-0.2, -0.15) is 5.10 Å². The summed E-state index contributed by atoms with van der Waals surface area (Å²) in [5, 5.41) is 10.7. The first kappa shape index (κ1) is 15.3. The Morgan fingerprint density at radius 3 is 2.65 bits per heavy atom. The predicted molar refractivity (Wildman–Crippen MR) is 80.5 cm³/mol. The summed E-state index contributed by atoms with van der Waals surface area (Å²) in [7, 11) is 1.77. The zero-order valence-electron chi connectivity index (χ0n) is 13.6. The van der Waals surface area contributed by atoms with E-state index in [-0.39, 0.29) is 12.5 Å². The van der Waals surface area contributed by atoms with Crippen LogP contribution in [0.3, 0.4) is 0 Å². The Morgan fingerprint density at radius 1 is 1.35 bits per heavy atom. The number of amides is 3. The summed E-state index contributed by atoms with van der Waals surface area (Å²) in [6, 6.07) is -0.395. The molecule has 122 valence electrons. The second-order valence-corrected chi connectivity index (χ2v) is 5.97. The van der Waals surface area contributed by atoms with Gasteiger partial charge in [-0.1, -0.05) is 5.16 Å². The lowest BCUT2D eigenvalue weighted by Gasteiger charge is -2.20. The van der Waals surface area contributed by atoms with Crippen LogP contribution in [0, 0.1) is 13.8 Å². The van der Waals surface area contributed by atoms with Crippen LogP contribution in [-0.4, -0.2) is 38.3 Å². The molecular weight excluding hydrogens is 298 g/mol. The van der Waals surface area contributed by atoms with Gasteiger partial charge in [0, 0.05) is 30.9 Å². The fraction of sp³-hybridized carbons (Fsp3) is 0.467. The number of imide groups is 1. The van der Waals surface area contributed by atoms with Crippen molar-refractivity contribution in [1.82, 2.24) is 25.2 Å². The molecule has 1 aliphatic rings. The highest BCUT2D eigenvalue weighted by Crippen LogP contribution is 2.28. The maximum absolute atomic E-state index is 12.7. The quantitative estimate of drug-likeness (QED) is 0.850. The maximum atomic E-state index is 12.7. The number of urea groups is 1. The van der Waals surface area contributed by atoms with Gasteiger partial charge in [0.2, 0.25) is 0 Å². The Balaban J connectivity index is 1.79. The van der Waals surface area contributed by atoms with E-state index in [0.717, 1.165) is 11.3 Å². The minimum atomic E-state index is -1.08.